The van der Waals surface area contributed by atoms with Crippen LogP contribution in [0.15, 0.2) is 24.3 Å². The van der Waals surface area contributed by atoms with E-state index in [0.717, 1.165) is 26.3 Å². The molecule has 4 N–H and O–H groups in total. The Kier molecular flexibility index (Phi) is 11.4. The van der Waals surface area contributed by atoms with Crippen molar-refractivity contribution in [2.75, 3.05) is 44.7 Å². The number of rotatable bonds is 6. The lowest BCUT2D eigenvalue weighted by Crippen LogP contribution is -2.38. The quantitative estimate of drug-likeness (QED) is 0.669. The van der Waals surface area contributed by atoms with Crippen LogP contribution in [0, 0.1) is 0 Å². The second-order valence-electron chi connectivity index (χ2n) is 5.48. The molecule has 0 bridgehead atoms. The molecule has 1 fully saturated rings. The molecule has 1 unspecified atom stereocenters. The van der Waals surface area contributed by atoms with Gasteiger partial charge in [-0.1, -0.05) is 12.1 Å². The molecule has 1 atom stereocenters. The maximum absolute atomic E-state index is 11.7. The van der Waals surface area contributed by atoms with Crippen LogP contribution in [0.3, 0.4) is 0 Å². The fourth-order valence-corrected chi connectivity index (χ4v) is 2.48. The molecule has 142 valence electrons. The SMILES string of the molecule is CC(c1ccc(NC(=O)CNC(=O)CN)cc1)N1CCOCC1.Cl.Cl. The first-order valence-corrected chi connectivity index (χ1v) is 7.78. The van der Waals surface area contributed by atoms with Crippen LogP contribution in [0.2, 0.25) is 0 Å². The van der Waals surface area contributed by atoms with E-state index < -0.39 is 0 Å². The molecule has 1 aliphatic heterocycles. The van der Waals surface area contributed by atoms with E-state index in [9.17, 15) is 9.59 Å². The minimum atomic E-state index is -0.352. The van der Waals surface area contributed by atoms with E-state index in [1.807, 2.05) is 24.3 Å². The van der Waals surface area contributed by atoms with Gasteiger partial charge in [-0.3, -0.25) is 14.5 Å². The van der Waals surface area contributed by atoms with E-state index in [1.54, 1.807) is 0 Å². The van der Waals surface area contributed by atoms with E-state index in [2.05, 4.69) is 22.5 Å². The van der Waals surface area contributed by atoms with E-state index in [1.165, 1.54) is 5.56 Å². The van der Waals surface area contributed by atoms with Crippen LogP contribution < -0.4 is 16.4 Å². The number of carbonyl (C=O) groups is 2. The zero-order valence-electron chi connectivity index (χ0n) is 14.2. The molecule has 7 nitrogen and oxygen atoms in total. The van der Waals surface area contributed by atoms with Gasteiger partial charge in [0, 0.05) is 24.8 Å². The maximum Gasteiger partial charge on any atom is 0.243 e. The fourth-order valence-electron chi connectivity index (χ4n) is 2.48. The summed E-state index contributed by atoms with van der Waals surface area (Å²) >= 11 is 0. The van der Waals surface area contributed by atoms with Gasteiger partial charge < -0.3 is 21.1 Å². The third-order valence-electron chi connectivity index (χ3n) is 3.90. The Labute approximate surface area is 160 Å². The molecule has 0 aliphatic carbocycles. The van der Waals surface area contributed by atoms with Crippen molar-refractivity contribution in [2.24, 2.45) is 5.73 Å². The summed E-state index contributed by atoms with van der Waals surface area (Å²) in [7, 11) is 0. The van der Waals surface area contributed by atoms with Crippen LogP contribution in [0.25, 0.3) is 0 Å². The smallest absolute Gasteiger partial charge is 0.243 e. The van der Waals surface area contributed by atoms with Crippen LogP contribution in [0.4, 0.5) is 5.69 Å². The van der Waals surface area contributed by atoms with Crippen molar-refractivity contribution >= 4 is 42.3 Å². The molecule has 0 aromatic heterocycles. The van der Waals surface area contributed by atoms with Crippen molar-refractivity contribution in [1.82, 2.24) is 10.2 Å². The number of halogens is 2. The summed E-state index contributed by atoms with van der Waals surface area (Å²) in [6, 6.07) is 8.07. The normalized spacial score (nSPS) is 15.3. The van der Waals surface area contributed by atoms with Crippen molar-refractivity contribution in [2.45, 2.75) is 13.0 Å². The zero-order chi connectivity index (χ0) is 16.7. The Bertz CT molecular complexity index is 537. The molecule has 1 aromatic carbocycles. The predicted octanol–water partition coefficient (Wildman–Crippen LogP) is 0.937. The summed E-state index contributed by atoms with van der Waals surface area (Å²) in [5, 5.41) is 5.17. The Morgan fingerprint density at radius 1 is 1.16 bits per heavy atom. The summed E-state index contributed by atoms with van der Waals surface area (Å²) in [4.78, 5) is 25.1. The van der Waals surface area contributed by atoms with Gasteiger partial charge in [0.15, 0.2) is 0 Å². The molecule has 0 saturated carbocycles. The largest absolute Gasteiger partial charge is 0.379 e. The Morgan fingerprint density at radius 3 is 2.32 bits per heavy atom. The third kappa shape index (κ3) is 7.58. The van der Waals surface area contributed by atoms with Gasteiger partial charge in [0.05, 0.1) is 26.3 Å². The number of benzene rings is 1. The summed E-state index contributed by atoms with van der Waals surface area (Å²) in [6.45, 7) is 5.37. The standard InChI is InChI=1S/C16H24N4O3.2ClH/c1-12(20-6-8-23-9-7-20)13-2-4-14(5-3-13)19-16(22)11-18-15(21)10-17;;/h2-5,12H,6-11,17H2,1H3,(H,18,21)(H,19,22);2*1H. The number of carbonyl (C=O) groups excluding carboxylic acids is 2. The number of hydrogen-bond donors (Lipinski definition) is 3. The van der Waals surface area contributed by atoms with Gasteiger partial charge in [-0.05, 0) is 24.6 Å². The molecule has 25 heavy (non-hydrogen) atoms. The van der Waals surface area contributed by atoms with E-state index in [0.29, 0.717) is 11.7 Å². The van der Waals surface area contributed by atoms with Gasteiger partial charge in [0.2, 0.25) is 11.8 Å². The number of anilines is 1. The van der Waals surface area contributed by atoms with Crippen molar-refractivity contribution in [3.63, 3.8) is 0 Å². The van der Waals surface area contributed by atoms with Gasteiger partial charge in [0.1, 0.15) is 0 Å². The van der Waals surface area contributed by atoms with Gasteiger partial charge in [-0.2, -0.15) is 0 Å². The highest BCUT2D eigenvalue weighted by Crippen LogP contribution is 2.22. The van der Waals surface area contributed by atoms with Crippen LogP contribution in [-0.4, -0.2) is 56.1 Å². The van der Waals surface area contributed by atoms with Crippen LogP contribution in [0.5, 0.6) is 0 Å². The topological polar surface area (TPSA) is 96.7 Å². The lowest BCUT2D eigenvalue weighted by molar-refractivity contribution is -0.123. The lowest BCUT2D eigenvalue weighted by Gasteiger charge is -2.32. The molecule has 1 aliphatic rings. The van der Waals surface area contributed by atoms with Crippen molar-refractivity contribution in [1.29, 1.82) is 0 Å². The van der Waals surface area contributed by atoms with Crippen molar-refractivity contribution < 1.29 is 14.3 Å². The highest BCUT2D eigenvalue weighted by molar-refractivity contribution is 5.94. The summed E-state index contributed by atoms with van der Waals surface area (Å²) in [5.41, 5.74) is 7.06. The molecule has 1 aromatic rings. The molecular weight excluding hydrogens is 367 g/mol. The van der Waals surface area contributed by atoms with Crippen LogP contribution in [-0.2, 0) is 14.3 Å². The Morgan fingerprint density at radius 2 is 1.76 bits per heavy atom. The molecule has 1 saturated heterocycles. The number of ether oxygens (including phenoxy) is 1. The molecule has 9 heteroatoms. The maximum atomic E-state index is 11.7. The molecule has 0 spiro atoms. The monoisotopic (exact) mass is 392 g/mol. The summed E-state index contributed by atoms with van der Waals surface area (Å²) in [6.07, 6.45) is 0. The minimum Gasteiger partial charge on any atom is -0.379 e. The molecule has 0 radical (unpaired) electrons. The molecular formula is C16H26Cl2N4O3. The van der Waals surface area contributed by atoms with Crippen LogP contribution in [0.1, 0.15) is 18.5 Å². The number of amides is 2. The molecule has 2 amide bonds. The average Bonchev–Trinajstić information content (AvgIpc) is 2.60. The Balaban J connectivity index is 0.00000288. The first-order chi connectivity index (χ1) is 11.1. The lowest BCUT2D eigenvalue weighted by atomic mass is 10.1. The van der Waals surface area contributed by atoms with Crippen LogP contribution >= 0.6 is 24.8 Å². The third-order valence-corrected chi connectivity index (χ3v) is 3.90. The molecule has 2 rings (SSSR count). The van der Waals surface area contributed by atoms with Crippen molar-refractivity contribution in [3.05, 3.63) is 29.8 Å². The van der Waals surface area contributed by atoms with E-state index in [4.69, 9.17) is 10.5 Å². The number of nitrogens with two attached hydrogens (primary N) is 1. The molecule has 1 heterocycles. The number of nitrogens with zero attached hydrogens (tertiary/aromatic N) is 1. The fraction of sp³-hybridized carbons (Fsp3) is 0.500. The average molecular weight is 393 g/mol. The van der Waals surface area contributed by atoms with Gasteiger partial charge in [-0.15, -0.1) is 24.8 Å². The van der Waals surface area contributed by atoms with Crippen molar-refractivity contribution in [3.8, 4) is 0 Å². The zero-order valence-corrected chi connectivity index (χ0v) is 15.8. The number of nitrogens with one attached hydrogen (secondary N) is 2. The number of hydrogen-bond acceptors (Lipinski definition) is 5. The number of morpholine rings is 1. The second-order valence-corrected chi connectivity index (χ2v) is 5.48. The minimum absolute atomic E-state index is 0. The first-order valence-electron chi connectivity index (χ1n) is 7.78. The second kappa shape index (κ2) is 12.1. The van der Waals surface area contributed by atoms with Gasteiger partial charge >= 0.3 is 0 Å². The predicted molar refractivity (Wildman–Crippen MR) is 102 cm³/mol. The van der Waals surface area contributed by atoms with Gasteiger partial charge in [0.25, 0.3) is 0 Å². The van der Waals surface area contributed by atoms with Gasteiger partial charge in [-0.25, -0.2) is 0 Å². The Hall–Kier alpha value is -1.38. The first kappa shape index (κ1) is 23.6. The highest BCUT2D eigenvalue weighted by Gasteiger charge is 2.18. The summed E-state index contributed by atoms with van der Waals surface area (Å²) < 4.78 is 5.37. The highest BCUT2D eigenvalue weighted by atomic mass is 35.5. The van der Waals surface area contributed by atoms with E-state index in [-0.39, 0.29) is 49.7 Å². The summed E-state index contributed by atoms with van der Waals surface area (Å²) in [5.74, 6) is -0.629. The van der Waals surface area contributed by atoms with E-state index >= 15 is 0 Å².